The number of rotatable bonds is 6. The molecular weight excluding hydrogens is 172 g/mol. The molecule has 0 atom stereocenters. The fourth-order valence-corrected chi connectivity index (χ4v) is 2.03. The maximum absolute atomic E-state index is 3.58. The second kappa shape index (κ2) is 7.24. The van der Waals surface area contributed by atoms with E-state index in [0.29, 0.717) is 0 Å². The van der Waals surface area contributed by atoms with Crippen LogP contribution in [0.5, 0.6) is 0 Å². The number of piperidine rings is 1. The highest BCUT2D eigenvalue weighted by Gasteiger charge is 2.11. The molecule has 84 valence electrons. The van der Waals surface area contributed by atoms with Crippen LogP contribution in [0.4, 0.5) is 0 Å². The van der Waals surface area contributed by atoms with Gasteiger partial charge in [0.15, 0.2) is 0 Å². The fraction of sp³-hybridized carbons (Fsp3) is 1.00. The van der Waals surface area contributed by atoms with Crippen molar-refractivity contribution < 1.29 is 0 Å². The lowest BCUT2D eigenvalue weighted by atomic mass is 9.98. The maximum Gasteiger partial charge on any atom is -0.00196 e. The third-order valence-corrected chi connectivity index (χ3v) is 3.03. The highest BCUT2D eigenvalue weighted by atomic mass is 14.9. The molecule has 0 unspecified atom stereocenters. The highest BCUT2D eigenvalue weighted by molar-refractivity contribution is 4.70. The van der Waals surface area contributed by atoms with Gasteiger partial charge in [-0.25, -0.2) is 0 Å². The molecule has 0 aromatic heterocycles. The van der Waals surface area contributed by atoms with Gasteiger partial charge < -0.3 is 10.6 Å². The quantitative estimate of drug-likeness (QED) is 0.638. The minimum absolute atomic E-state index is 0.857. The van der Waals surface area contributed by atoms with E-state index in [1.54, 1.807) is 0 Å². The Morgan fingerprint density at radius 1 is 1.29 bits per heavy atom. The summed E-state index contributed by atoms with van der Waals surface area (Å²) in [6.45, 7) is 9.48. The predicted molar refractivity (Wildman–Crippen MR) is 62.5 cm³/mol. The Bertz CT molecular complexity index is 128. The second-order valence-corrected chi connectivity index (χ2v) is 4.93. The normalized spacial score (nSPS) is 19.1. The van der Waals surface area contributed by atoms with Crippen LogP contribution in [0.1, 0.15) is 39.5 Å². The van der Waals surface area contributed by atoms with Gasteiger partial charge >= 0.3 is 0 Å². The summed E-state index contributed by atoms with van der Waals surface area (Å²) in [7, 11) is 0. The molecule has 1 fully saturated rings. The van der Waals surface area contributed by atoms with Gasteiger partial charge in [0.2, 0.25) is 0 Å². The van der Waals surface area contributed by atoms with Crippen LogP contribution in [-0.4, -0.2) is 26.2 Å². The van der Waals surface area contributed by atoms with Crippen LogP contribution in [-0.2, 0) is 0 Å². The fourth-order valence-electron chi connectivity index (χ4n) is 2.03. The number of nitrogens with one attached hydrogen (secondary N) is 2. The predicted octanol–water partition coefficient (Wildman–Crippen LogP) is 2.01. The molecule has 2 N–H and O–H groups in total. The van der Waals surface area contributed by atoms with Gasteiger partial charge in [-0.3, -0.25) is 0 Å². The van der Waals surface area contributed by atoms with E-state index in [1.807, 2.05) is 0 Å². The van der Waals surface area contributed by atoms with Gasteiger partial charge in [0.1, 0.15) is 0 Å². The van der Waals surface area contributed by atoms with Gasteiger partial charge in [0.25, 0.3) is 0 Å². The summed E-state index contributed by atoms with van der Waals surface area (Å²) in [5.41, 5.74) is 0. The first kappa shape index (κ1) is 12.0. The minimum atomic E-state index is 0.857. The molecule has 0 aliphatic carbocycles. The van der Waals surface area contributed by atoms with E-state index in [0.717, 1.165) is 11.8 Å². The van der Waals surface area contributed by atoms with Crippen LogP contribution >= 0.6 is 0 Å². The number of hydrogen-bond donors (Lipinski definition) is 2. The van der Waals surface area contributed by atoms with Crippen molar-refractivity contribution in [1.82, 2.24) is 10.6 Å². The van der Waals surface area contributed by atoms with Crippen molar-refractivity contribution in [3.05, 3.63) is 0 Å². The topological polar surface area (TPSA) is 24.1 Å². The lowest BCUT2D eigenvalue weighted by molar-refractivity contribution is 0.354. The molecule has 2 nitrogen and oxygen atoms in total. The van der Waals surface area contributed by atoms with Crippen LogP contribution in [0.3, 0.4) is 0 Å². The van der Waals surface area contributed by atoms with E-state index < -0.39 is 0 Å². The second-order valence-electron chi connectivity index (χ2n) is 4.93. The smallest absolute Gasteiger partial charge is 0.00196 e. The van der Waals surface area contributed by atoms with Crippen LogP contribution in [0.2, 0.25) is 0 Å². The summed E-state index contributed by atoms with van der Waals surface area (Å²) in [5.74, 6) is 1.78. The van der Waals surface area contributed by atoms with Gasteiger partial charge in [-0.05, 0) is 63.7 Å². The van der Waals surface area contributed by atoms with Crippen LogP contribution < -0.4 is 10.6 Å². The lowest BCUT2D eigenvalue weighted by Gasteiger charge is -2.22. The van der Waals surface area contributed by atoms with Crippen LogP contribution in [0.25, 0.3) is 0 Å². The summed E-state index contributed by atoms with van der Waals surface area (Å²) in [6, 6.07) is 0. The molecule has 1 aliphatic rings. The standard InChI is InChI=1S/C12H26N2/c1-11(2)4-3-7-14-10-12-5-8-13-9-6-12/h11-14H,3-10H2,1-2H3. The van der Waals surface area contributed by atoms with Crippen molar-refractivity contribution in [1.29, 1.82) is 0 Å². The third kappa shape index (κ3) is 5.61. The van der Waals surface area contributed by atoms with E-state index in [9.17, 15) is 0 Å². The molecule has 0 spiro atoms. The molecule has 0 amide bonds. The molecule has 1 saturated heterocycles. The Hall–Kier alpha value is -0.0800. The van der Waals surface area contributed by atoms with Crippen molar-refractivity contribution in [3.63, 3.8) is 0 Å². The Morgan fingerprint density at radius 2 is 2.00 bits per heavy atom. The maximum atomic E-state index is 3.58. The molecule has 1 aliphatic heterocycles. The van der Waals surface area contributed by atoms with Crippen LogP contribution in [0.15, 0.2) is 0 Å². The first-order chi connectivity index (χ1) is 6.79. The third-order valence-electron chi connectivity index (χ3n) is 3.03. The van der Waals surface area contributed by atoms with Gasteiger partial charge in [-0.2, -0.15) is 0 Å². The van der Waals surface area contributed by atoms with Crippen molar-refractivity contribution in [2.45, 2.75) is 39.5 Å². The van der Waals surface area contributed by atoms with E-state index in [1.165, 1.54) is 51.9 Å². The SMILES string of the molecule is CC(C)CCCNCC1CCNCC1. The zero-order chi connectivity index (χ0) is 10.2. The molecule has 1 rings (SSSR count). The zero-order valence-corrected chi connectivity index (χ0v) is 9.81. The van der Waals surface area contributed by atoms with Crippen molar-refractivity contribution in [3.8, 4) is 0 Å². The monoisotopic (exact) mass is 198 g/mol. The Kier molecular flexibility index (Phi) is 6.20. The number of hydrogen-bond acceptors (Lipinski definition) is 2. The van der Waals surface area contributed by atoms with E-state index in [4.69, 9.17) is 0 Å². The molecular formula is C12H26N2. The summed E-state index contributed by atoms with van der Waals surface area (Å²) in [4.78, 5) is 0. The molecule has 14 heavy (non-hydrogen) atoms. The van der Waals surface area contributed by atoms with Crippen molar-refractivity contribution in [2.24, 2.45) is 11.8 Å². The molecule has 0 bridgehead atoms. The molecule has 0 saturated carbocycles. The average Bonchev–Trinajstić information content (AvgIpc) is 2.18. The highest BCUT2D eigenvalue weighted by Crippen LogP contribution is 2.09. The average molecular weight is 198 g/mol. The molecule has 2 heteroatoms. The van der Waals surface area contributed by atoms with Crippen molar-refractivity contribution in [2.75, 3.05) is 26.2 Å². The van der Waals surface area contributed by atoms with Crippen LogP contribution in [0, 0.1) is 11.8 Å². The molecule has 0 radical (unpaired) electrons. The van der Waals surface area contributed by atoms with Gasteiger partial charge in [0, 0.05) is 0 Å². The lowest BCUT2D eigenvalue weighted by Crippen LogP contribution is -2.33. The Morgan fingerprint density at radius 3 is 2.64 bits per heavy atom. The largest absolute Gasteiger partial charge is 0.317 e. The summed E-state index contributed by atoms with van der Waals surface area (Å²) >= 11 is 0. The van der Waals surface area contributed by atoms with E-state index >= 15 is 0 Å². The first-order valence-electron chi connectivity index (χ1n) is 6.20. The van der Waals surface area contributed by atoms with Gasteiger partial charge in [0.05, 0.1) is 0 Å². The Labute approximate surface area is 88.8 Å². The van der Waals surface area contributed by atoms with Gasteiger partial charge in [-0.1, -0.05) is 13.8 Å². The Balaban J connectivity index is 1.87. The van der Waals surface area contributed by atoms with Crippen molar-refractivity contribution >= 4 is 0 Å². The minimum Gasteiger partial charge on any atom is -0.317 e. The summed E-state index contributed by atoms with van der Waals surface area (Å²) in [6.07, 6.45) is 5.41. The van der Waals surface area contributed by atoms with Gasteiger partial charge in [-0.15, -0.1) is 0 Å². The zero-order valence-electron chi connectivity index (χ0n) is 9.81. The summed E-state index contributed by atoms with van der Waals surface area (Å²) in [5, 5.41) is 6.99. The molecule has 0 aromatic carbocycles. The molecule has 1 heterocycles. The van der Waals surface area contributed by atoms with E-state index in [2.05, 4.69) is 24.5 Å². The molecule has 0 aromatic rings. The summed E-state index contributed by atoms with van der Waals surface area (Å²) < 4.78 is 0. The van der Waals surface area contributed by atoms with E-state index in [-0.39, 0.29) is 0 Å². The first-order valence-corrected chi connectivity index (χ1v) is 6.20.